The van der Waals surface area contributed by atoms with Gasteiger partial charge in [0.2, 0.25) is 5.95 Å². The number of cyclic esters (lactones) is 1. The second kappa shape index (κ2) is 9.38. The number of amides is 1. The Morgan fingerprint density at radius 2 is 2.00 bits per heavy atom. The largest absolute Gasteiger partial charge is 0.447 e. The number of nitrogens with one attached hydrogen (secondary N) is 1. The summed E-state index contributed by atoms with van der Waals surface area (Å²) in [5.74, 6) is 0.582. The molecule has 0 saturated carbocycles. The number of benzene rings is 1. The molecule has 0 spiro atoms. The number of hydrogen-bond acceptors (Lipinski definition) is 5. The summed E-state index contributed by atoms with van der Waals surface area (Å²) >= 11 is 0. The summed E-state index contributed by atoms with van der Waals surface area (Å²) in [5.41, 5.74) is -0.266. The van der Waals surface area contributed by atoms with Gasteiger partial charge in [-0.3, -0.25) is 4.90 Å². The van der Waals surface area contributed by atoms with Crippen molar-refractivity contribution in [1.29, 1.82) is 0 Å². The van der Waals surface area contributed by atoms with Gasteiger partial charge in [0.25, 0.3) is 0 Å². The van der Waals surface area contributed by atoms with Crippen molar-refractivity contribution in [3.05, 3.63) is 47.7 Å². The lowest BCUT2D eigenvalue weighted by Gasteiger charge is -2.17. The molecule has 6 nitrogen and oxygen atoms in total. The Labute approximate surface area is 161 Å². The summed E-state index contributed by atoms with van der Waals surface area (Å²) in [7, 11) is 0. The zero-order chi connectivity index (χ0) is 20.7. The van der Waals surface area contributed by atoms with Crippen molar-refractivity contribution in [3.8, 4) is 0 Å². The van der Waals surface area contributed by atoms with E-state index in [2.05, 4.69) is 29.1 Å². The number of halogens is 3. The molecule has 1 N–H and O–H groups in total. The number of carbonyl (C=O) groups excluding carboxylic acids is 1. The topological polar surface area (TPSA) is 67.3 Å². The molecular formula is C19H23F3N4O2. The minimum Gasteiger partial charge on any atom is -0.447 e. The SMILES string of the molecule is CCC.C[C@@H](Nc1nccc(N2CCOC2=O)n1)c1cccc(C(F)(F)F)c1. The van der Waals surface area contributed by atoms with E-state index in [-0.39, 0.29) is 12.6 Å². The molecule has 1 aromatic heterocycles. The monoisotopic (exact) mass is 396 g/mol. The molecule has 1 atom stereocenters. The van der Waals surface area contributed by atoms with Gasteiger partial charge in [0.05, 0.1) is 18.2 Å². The maximum absolute atomic E-state index is 12.8. The summed E-state index contributed by atoms with van der Waals surface area (Å²) in [6.45, 7) is 6.63. The van der Waals surface area contributed by atoms with Crippen molar-refractivity contribution >= 4 is 17.9 Å². The number of carbonyl (C=O) groups is 1. The van der Waals surface area contributed by atoms with Crippen LogP contribution in [-0.2, 0) is 10.9 Å². The molecule has 152 valence electrons. The minimum absolute atomic E-state index is 0.210. The van der Waals surface area contributed by atoms with E-state index in [1.165, 1.54) is 23.6 Å². The quantitative estimate of drug-likeness (QED) is 0.784. The Bertz CT molecular complexity index is 799. The highest BCUT2D eigenvalue weighted by atomic mass is 19.4. The van der Waals surface area contributed by atoms with Gasteiger partial charge in [-0.15, -0.1) is 0 Å². The molecule has 1 aliphatic rings. The van der Waals surface area contributed by atoms with Crippen LogP contribution in [0.5, 0.6) is 0 Å². The molecule has 1 aliphatic heterocycles. The predicted molar refractivity (Wildman–Crippen MR) is 100 cm³/mol. The Kier molecular flexibility index (Phi) is 7.19. The van der Waals surface area contributed by atoms with E-state index < -0.39 is 23.9 Å². The van der Waals surface area contributed by atoms with Gasteiger partial charge in [-0.25, -0.2) is 9.78 Å². The number of ether oxygens (including phenoxy) is 1. The molecule has 0 radical (unpaired) electrons. The van der Waals surface area contributed by atoms with E-state index in [1.54, 1.807) is 19.1 Å². The zero-order valence-corrected chi connectivity index (χ0v) is 16.0. The fraction of sp³-hybridized carbons (Fsp3) is 0.421. The molecule has 1 amide bonds. The summed E-state index contributed by atoms with van der Waals surface area (Å²) in [5, 5.41) is 2.95. The Morgan fingerprint density at radius 3 is 2.61 bits per heavy atom. The predicted octanol–water partition coefficient (Wildman–Crippen LogP) is 5.04. The zero-order valence-electron chi connectivity index (χ0n) is 16.0. The highest BCUT2D eigenvalue weighted by Crippen LogP contribution is 2.31. The van der Waals surface area contributed by atoms with Gasteiger partial charge < -0.3 is 10.1 Å². The van der Waals surface area contributed by atoms with Crippen molar-refractivity contribution in [2.24, 2.45) is 0 Å². The molecule has 2 heterocycles. The van der Waals surface area contributed by atoms with Crippen LogP contribution in [0, 0.1) is 0 Å². The minimum atomic E-state index is -4.40. The van der Waals surface area contributed by atoms with Crippen molar-refractivity contribution in [2.75, 3.05) is 23.4 Å². The molecule has 28 heavy (non-hydrogen) atoms. The van der Waals surface area contributed by atoms with Gasteiger partial charge >= 0.3 is 12.3 Å². The molecule has 2 aromatic rings. The molecule has 0 bridgehead atoms. The first-order valence-electron chi connectivity index (χ1n) is 8.97. The Balaban J connectivity index is 0.000000878. The van der Waals surface area contributed by atoms with Gasteiger partial charge in [-0.05, 0) is 30.7 Å². The second-order valence-electron chi connectivity index (χ2n) is 6.20. The van der Waals surface area contributed by atoms with E-state index in [0.717, 1.165) is 12.1 Å². The van der Waals surface area contributed by atoms with Crippen LogP contribution in [0.3, 0.4) is 0 Å². The smallest absolute Gasteiger partial charge is 0.416 e. The number of anilines is 2. The maximum atomic E-state index is 12.8. The van der Waals surface area contributed by atoms with Crippen LogP contribution in [0.25, 0.3) is 0 Å². The number of rotatable bonds is 4. The van der Waals surface area contributed by atoms with E-state index in [9.17, 15) is 18.0 Å². The van der Waals surface area contributed by atoms with Gasteiger partial charge in [0.1, 0.15) is 12.4 Å². The summed E-state index contributed by atoms with van der Waals surface area (Å²) in [6, 6.07) is 6.16. The van der Waals surface area contributed by atoms with E-state index in [0.29, 0.717) is 17.9 Å². The average Bonchev–Trinajstić information content (AvgIpc) is 3.08. The fourth-order valence-corrected chi connectivity index (χ4v) is 2.43. The highest BCUT2D eigenvalue weighted by Gasteiger charge is 2.30. The molecule has 1 fully saturated rings. The van der Waals surface area contributed by atoms with Crippen molar-refractivity contribution in [1.82, 2.24) is 9.97 Å². The van der Waals surface area contributed by atoms with Crippen LogP contribution in [0.4, 0.5) is 29.7 Å². The third kappa shape index (κ3) is 5.58. The van der Waals surface area contributed by atoms with Crippen molar-refractivity contribution < 1.29 is 22.7 Å². The third-order valence-corrected chi connectivity index (χ3v) is 3.74. The van der Waals surface area contributed by atoms with Crippen LogP contribution in [0.15, 0.2) is 36.5 Å². The number of aromatic nitrogens is 2. The Morgan fingerprint density at radius 1 is 1.29 bits per heavy atom. The molecular weight excluding hydrogens is 373 g/mol. The summed E-state index contributed by atoms with van der Waals surface area (Å²) in [6.07, 6.45) is -2.17. The third-order valence-electron chi connectivity index (χ3n) is 3.74. The molecule has 0 unspecified atom stereocenters. The first-order chi connectivity index (χ1) is 13.3. The van der Waals surface area contributed by atoms with E-state index >= 15 is 0 Å². The number of hydrogen-bond donors (Lipinski definition) is 1. The van der Waals surface area contributed by atoms with Crippen LogP contribution in [-0.4, -0.2) is 29.2 Å². The highest BCUT2D eigenvalue weighted by molar-refractivity contribution is 5.88. The molecule has 9 heteroatoms. The normalized spacial score (nSPS) is 14.8. The Hall–Kier alpha value is -2.84. The summed E-state index contributed by atoms with van der Waals surface area (Å²) < 4.78 is 43.3. The first-order valence-corrected chi connectivity index (χ1v) is 8.97. The number of nitrogens with zero attached hydrogens (tertiary/aromatic N) is 3. The molecule has 1 aromatic carbocycles. The second-order valence-corrected chi connectivity index (χ2v) is 6.20. The number of alkyl halides is 3. The maximum Gasteiger partial charge on any atom is 0.416 e. The summed E-state index contributed by atoms with van der Waals surface area (Å²) in [4.78, 5) is 21.2. The lowest BCUT2D eigenvalue weighted by atomic mass is 10.1. The van der Waals surface area contributed by atoms with Crippen LogP contribution in [0.1, 0.15) is 44.4 Å². The average molecular weight is 396 g/mol. The molecule has 1 saturated heterocycles. The van der Waals surface area contributed by atoms with Gasteiger partial charge in [-0.2, -0.15) is 18.2 Å². The lowest BCUT2D eigenvalue weighted by molar-refractivity contribution is -0.137. The van der Waals surface area contributed by atoms with Gasteiger partial charge in [0, 0.05) is 6.20 Å². The van der Waals surface area contributed by atoms with Crippen molar-refractivity contribution in [2.45, 2.75) is 39.4 Å². The standard InChI is InChI=1S/C16H15F3N4O2.C3H8/c1-10(11-3-2-4-12(9-11)16(17,18)19)21-14-20-6-5-13(22-14)23-7-8-25-15(23)24;1-3-2/h2-6,9-10H,7-8H2,1H3,(H,20,21,22);3H2,1-2H3/t10-;/m1./s1. The van der Waals surface area contributed by atoms with Crippen molar-refractivity contribution in [3.63, 3.8) is 0 Å². The van der Waals surface area contributed by atoms with Crippen LogP contribution < -0.4 is 10.2 Å². The van der Waals surface area contributed by atoms with E-state index in [1.807, 2.05) is 0 Å². The molecule has 3 rings (SSSR count). The van der Waals surface area contributed by atoms with Crippen LogP contribution >= 0.6 is 0 Å². The van der Waals surface area contributed by atoms with Crippen LogP contribution in [0.2, 0.25) is 0 Å². The van der Waals surface area contributed by atoms with Gasteiger partial charge in [-0.1, -0.05) is 32.4 Å². The van der Waals surface area contributed by atoms with E-state index in [4.69, 9.17) is 4.74 Å². The van der Waals surface area contributed by atoms with Gasteiger partial charge in [0.15, 0.2) is 0 Å². The first kappa shape index (κ1) is 21.5. The lowest BCUT2D eigenvalue weighted by Crippen LogP contribution is -2.25. The fourth-order valence-electron chi connectivity index (χ4n) is 2.43. The molecule has 0 aliphatic carbocycles.